The van der Waals surface area contributed by atoms with Crippen molar-refractivity contribution >= 4 is 16.9 Å². The Morgan fingerprint density at radius 3 is 2.82 bits per heavy atom. The summed E-state index contributed by atoms with van der Waals surface area (Å²) in [6, 6.07) is 11.7. The molecule has 4 nitrogen and oxygen atoms in total. The number of imidazole rings is 1. The molecule has 0 spiro atoms. The molecule has 0 saturated heterocycles. The van der Waals surface area contributed by atoms with Crippen LogP contribution in [0.25, 0.3) is 11.2 Å². The normalized spacial score (nSPS) is 10.8. The van der Waals surface area contributed by atoms with Gasteiger partial charge in [0.1, 0.15) is 5.82 Å². The average Bonchev–Trinajstić information content (AvgIpc) is 2.74. The van der Waals surface area contributed by atoms with E-state index in [0.29, 0.717) is 6.42 Å². The highest BCUT2D eigenvalue weighted by molar-refractivity contribution is 5.70. The third-order valence-electron chi connectivity index (χ3n) is 2.72. The van der Waals surface area contributed by atoms with E-state index in [1.807, 2.05) is 36.4 Å². The van der Waals surface area contributed by atoms with Gasteiger partial charge in [-0.05, 0) is 23.8 Å². The standard InChI is InChI=1S/C13H12N4/c14-10-5-2-1-4-9(10)8-12-16-11-6-3-7-15-13(11)17-12/h1-7H,8,14H2,(H,15,16,17). The molecule has 84 valence electrons. The molecule has 0 aliphatic rings. The first-order chi connectivity index (χ1) is 8.33. The van der Waals surface area contributed by atoms with E-state index >= 15 is 0 Å². The summed E-state index contributed by atoms with van der Waals surface area (Å²) < 4.78 is 0. The highest BCUT2D eigenvalue weighted by atomic mass is 15.0. The minimum Gasteiger partial charge on any atom is -0.398 e. The Morgan fingerprint density at radius 2 is 2.00 bits per heavy atom. The molecule has 17 heavy (non-hydrogen) atoms. The Bertz CT molecular complexity index is 624. The number of H-pyrrole nitrogens is 1. The molecule has 3 aromatic rings. The number of fused-ring (bicyclic) bond motifs is 1. The molecule has 0 unspecified atom stereocenters. The van der Waals surface area contributed by atoms with Crippen LogP contribution in [0.5, 0.6) is 0 Å². The lowest BCUT2D eigenvalue weighted by molar-refractivity contribution is 1.04. The number of hydrogen-bond acceptors (Lipinski definition) is 3. The van der Waals surface area contributed by atoms with Crippen LogP contribution in [0.4, 0.5) is 5.69 Å². The van der Waals surface area contributed by atoms with Crippen LogP contribution in [-0.4, -0.2) is 15.0 Å². The van der Waals surface area contributed by atoms with Gasteiger partial charge in [-0.3, -0.25) is 0 Å². The first kappa shape index (κ1) is 9.84. The fraction of sp³-hybridized carbons (Fsp3) is 0.0769. The Morgan fingerprint density at radius 1 is 1.12 bits per heavy atom. The maximum Gasteiger partial charge on any atom is 0.177 e. The first-order valence-electron chi connectivity index (χ1n) is 5.46. The highest BCUT2D eigenvalue weighted by Gasteiger charge is 2.05. The summed E-state index contributed by atoms with van der Waals surface area (Å²) in [4.78, 5) is 11.9. The van der Waals surface area contributed by atoms with Crippen LogP contribution in [0.1, 0.15) is 11.4 Å². The molecule has 0 amide bonds. The second kappa shape index (κ2) is 3.90. The molecule has 4 heteroatoms. The van der Waals surface area contributed by atoms with Gasteiger partial charge < -0.3 is 10.7 Å². The number of nitrogens with one attached hydrogen (secondary N) is 1. The van der Waals surface area contributed by atoms with E-state index in [1.54, 1.807) is 6.20 Å². The second-order valence-electron chi connectivity index (χ2n) is 3.93. The highest BCUT2D eigenvalue weighted by Crippen LogP contribution is 2.16. The number of anilines is 1. The number of para-hydroxylation sites is 1. The number of hydrogen-bond donors (Lipinski definition) is 2. The summed E-state index contributed by atoms with van der Waals surface area (Å²) in [6.45, 7) is 0. The number of rotatable bonds is 2. The molecule has 0 saturated carbocycles. The minimum atomic E-state index is 0.697. The van der Waals surface area contributed by atoms with E-state index in [4.69, 9.17) is 5.73 Å². The van der Waals surface area contributed by atoms with Crippen molar-refractivity contribution in [2.75, 3.05) is 5.73 Å². The van der Waals surface area contributed by atoms with Gasteiger partial charge in [-0.2, -0.15) is 0 Å². The van der Waals surface area contributed by atoms with E-state index in [9.17, 15) is 0 Å². The predicted octanol–water partition coefficient (Wildman–Crippen LogP) is 2.13. The quantitative estimate of drug-likeness (QED) is 0.655. The molecule has 0 aliphatic heterocycles. The zero-order chi connectivity index (χ0) is 11.7. The molecule has 3 rings (SSSR count). The lowest BCUT2D eigenvalue weighted by atomic mass is 10.1. The van der Waals surface area contributed by atoms with E-state index in [2.05, 4.69) is 15.0 Å². The number of nitrogens with zero attached hydrogens (tertiary/aromatic N) is 2. The average molecular weight is 224 g/mol. The maximum atomic E-state index is 5.91. The molecule has 0 radical (unpaired) electrons. The molecule has 0 atom stereocenters. The third kappa shape index (κ3) is 1.85. The summed E-state index contributed by atoms with van der Waals surface area (Å²) >= 11 is 0. The van der Waals surface area contributed by atoms with E-state index in [0.717, 1.165) is 28.2 Å². The fourth-order valence-electron chi connectivity index (χ4n) is 1.85. The second-order valence-corrected chi connectivity index (χ2v) is 3.93. The number of nitrogens with two attached hydrogens (primary N) is 1. The Labute approximate surface area is 98.5 Å². The molecule has 0 fully saturated rings. The SMILES string of the molecule is Nc1ccccc1Cc1nc2ncccc2[nH]1. The van der Waals surface area contributed by atoms with Crippen LogP contribution in [0.15, 0.2) is 42.6 Å². The summed E-state index contributed by atoms with van der Waals surface area (Å²) in [7, 11) is 0. The smallest absolute Gasteiger partial charge is 0.177 e. The van der Waals surface area contributed by atoms with E-state index < -0.39 is 0 Å². The van der Waals surface area contributed by atoms with Gasteiger partial charge in [-0.15, -0.1) is 0 Å². The Kier molecular flexibility index (Phi) is 2.26. The van der Waals surface area contributed by atoms with Crippen molar-refractivity contribution in [3.63, 3.8) is 0 Å². The summed E-state index contributed by atoms with van der Waals surface area (Å²) in [5.41, 5.74) is 9.48. The lowest BCUT2D eigenvalue weighted by Crippen LogP contribution is -1.96. The van der Waals surface area contributed by atoms with Crippen molar-refractivity contribution in [3.8, 4) is 0 Å². The summed E-state index contributed by atoms with van der Waals surface area (Å²) in [5, 5.41) is 0. The topological polar surface area (TPSA) is 67.6 Å². The molecule has 0 aliphatic carbocycles. The van der Waals surface area contributed by atoms with Crippen LogP contribution < -0.4 is 5.73 Å². The zero-order valence-electron chi connectivity index (χ0n) is 9.22. The van der Waals surface area contributed by atoms with Crippen molar-refractivity contribution in [1.82, 2.24) is 15.0 Å². The number of pyridine rings is 1. The van der Waals surface area contributed by atoms with Crippen molar-refractivity contribution in [2.24, 2.45) is 0 Å². The van der Waals surface area contributed by atoms with Gasteiger partial charge >= 0.3 is 0 Å². The van der Waals surface area contributed by atoms with Gasteiger partial charge in [0, 0.05) is 18.3 Å². The van der Waals surface area contributed by atoms with Gasteiger partial charge in [0.05, 0.1) is 5.52 Å². The van der Waals surface area contributed by atoms with Crippen molar-refractivity contribution < 1.29 is 0 Å². The lowest BCUT2D eigenvalue weighted by Gasteiger charge is -2.01. The molecule has 0 bridgehead atoms. The molecule has 2 heterocycles. The van der Waals surface area contributed by atoms with Crippen molar-refractivity contribution in [2.45, 2.75) is 6.42 Å². The predicted molar refractivity (Wildman–Crippen MR) is 67.5 cm³/mol. The van der Waals surface area contributed by atoms with Crippen molar-refractivity contribution in [1.29, 1.82) is 0 Å². The molecule has 2 aromatic heterocycles. The van der Waals surface area contributed by atoms with Gasteiger partial charge in [0.25, 0.3) is 0 Å². The number of benzene rings is 1. The van der Waals surface area contributed by atoms with Crippen LogP contribution in [-0.2, 0) is 6.42 Å². The van der Waals surface area contributed by atoms with Crippen LogP contribution in [0, 0.1) is 0 Å². The number of nitrogen functional groups attached to an aromatic ring is 1. The van der Waals surface area contributed by atoms with Crippen LogP contribution in [0.3, 0.4) is 0 Å². The minimum absolute atomic E-state index is 0.697. The van der Waals surface area contributed by atoms with Crippen molar-refractivity contribution in [3.05, 3.63) is 54.0 Å². The first-order valence-corrected chi connectivity index (χ1v) is 5.46. The molecule has 3 N–H and O–H groups in total. The number of aromatic amines is 1. The Balaban J connectivity index is 1.98. The largest absolute Gasteiger partial charge is 0.398 e. The fourth-order valence-corrected chi connectivity index (χ4v) is 1.85. The maximum absolute atomic E-state index is 5.91. The monoisotopic (exact) mass is 224 g/mol. The van der Waals surface area contributed by atoms with Gasteiger partial charge in [-0.25, -0.2) is 9.97 Å². The molecular formula is C13H12N4. The van der Waals surface area contributed by atoms with E-state index in [1.165, 1.54) is 0 Å². The molecule has 1 aromatic carbocycles. The zero-order valence-corrected chi connectivity index (χ0v) is 9.22. The van der Waals surface area contributed by atoms with Crippen LogP contribution >= 0.6 is 0 Å². The van der Waals surface area contributed by atoms with E-state index in [-0.39, 0.29) is 0 Å². The molecular weight excluding hydrogens is 212 g/mol. The summed E-state index contributed by atoms with van der Waals surface area (Å²) in [6.07, 6.45) is 2.44. The van der Waals surface area contributed by atoms with Crippen LogP contribution in [0.2, 0.25) is 0 Å². The Hall–Kier alpha value is -2.36. The van der Waals surface area contributed by atoms with Gasteiger partial charge in [0.15, 0.2) is 5.65 Å². The third-order valence-corrected chi connectivity index (χ3v) is 2.72. The van der Waals surface area contributed by atoms with Gasteiger partial charge in [0.2, 0.25) is 0 Å². The summed E-state index contributed by atoms with van der Waals surface area (Å²) in [5.74, 6) is 0.886. The van der Waals surface area contributed by atoms with Gasteiger partial charge in [-0.1, -0.05) is 18.2 Å². The number of aromatic nitrogens is 3.